The zero-order valence-corrected chi connectivity index (χ0v) is 7.43. The average molecular weight is 210 g/mol. The highest BCUT2D eigenvalue weighted by Gasteiger charge is 2.37. The van der Waals surface area contributed by atoms with Gasteiger partial charge in [0.1, 0.15) is 0 Å². The number of primary amides is 1. The first-order valence-electron chi connectivity index (χ1n) is 3.96. The smallest absolute Gasteiger partial charge is 0.375 e. The maximum Gasteiger partial charge on any atom is 0.375 e. The molecule has 0 aliphatic heterocycles. The first-order valence-corrected chi connectivity index (χ1v) is 3.96. The highest BCUT2D eigenvalue weighted by atomic mass is 19.3. The number of nitrogens with two attached hydrogens (primary N) is 1. The number of rotatable bonds is 7. The van der Waals surface area contributed by atoms with Crippen LogP contribution < -0.4 is 11.1 Å². The van der Waals surface area contributed by atoms with Gasteiger partial charge in [-0.2, -0.15) is 8.78 Å². The molecule has 0 bridgehead atoms. The largest absolute Gasteiger partial charge is 0.477 e. The van der Waals surface area contributed by atoms with Gasteiger partial charge in [-0.05, 0) is 13.0 Å². The Kier molecular flexibility index (Phi) is 5.00. The summed E-state index contributed by atoms with van der Waals surface area (Å²) in [6.07, 6.45) is 0.399. The van der Waals surface area contributed by atoms with Gasteiger partial charge in [0.25, 0.3) is 0 Å². The van der Waals surface area contributed by atoms with Crippen LogP contribution in [0, 0.1) is 0 Å². The molecule has 5 nitrogen and oxygen atoms in total. The number of carboxylic acids is 1. The molecule has 0 saturated heterocycles. The predicted octanol–water partition coefficient (Wildman–Crippen LogP) is -0.439. The van der Waals surface area contributed by atoms with E-state index in [1.165, 1.54) is 0 Å². The minimum Gasteiger partial charge on any atom is -0.477 e. The van der Waals surface area contributed by atoms with E-state index in [9.17, 15) is 18.4 Å². The van der Waals surface area contributed by atoms with Gasteiger partial charge in [-0.25, -0.2) is 4.79 Å². The van der Waals surface area contributed by atoms with Crippen molar-refractivity contribution in [1.29, 1.82) is 0 Å². The van der Waals surface area contributed by atoms with E-state index in [1.54, 1.807) is 0 Å². The molecular weight excluding hydrogens is 198 g/mol. The molecule has 0 spiro atoms. The topological polar surface area (TPSA) is 92.4 Å². The molecule has 0 saturated carbocycles. The zero-order chi connectivity index (χ0) is 11.2. The van der Waals surface area contributed by atoms with Crippen LogP contribution in [0.2, 0.25) is 0 Å². The standard InChI is InChI=1S/C7H12F2N2O3/c8-7(9,6(13)14)4-11-3-1-2-5(10)12/h11H,1-4H2,(H2,10,12)(H,13,14). The maximum absolute atomic E-state index is 12.4. The van der Waals surface area contributed by atoms with E-state index in [0.717, 1.165) is 0 Å². The van der Waals surface area contributed by atoms with Crippen LogP contribution in [0.4, 0.5) is 8.78 Å². The van der Waals surface area contributed by atoms with Crippen LogP contribution in [0.1, 0.15) is 12.8 Å². The van der Waals surface area contributed by atoms with Crippen LogP contribution in [0.3, 0.4) is 0 Å². The summed E-state index contributed by atoms with van der Waals surface area (Å²) in [7, 11) is 0. The quantitative estimate of drug-likeness (QED) is 0.497. The van der Waals surface area contributed by atoms with Gasteiger partial charge in [-0.3, -0.25) is 4.79 Å². The molecular formula is C7H12F2N2O3. The first-order chi connectivity index (χ1) is 6.36. The number of halogens is 2. The number of carbonyl (C=O) groups is 2. The SMILES string of the molecule is NC(=O)CCCNCC(F)(F)C(=O)O. The number of hydrogen-bond donors (Lipinski definition) is 3. The molecule has 14 heavy (non-hydrogen) atoms. The Hall–Kier alpha value is -1.24. The lowest BCUT2D eigenvalue weighted by Crippen LogP contribution is -2.40. The second-order valence-corrected chi connectivity index (χ2v) is 2.76. The number of carbonyl (C=O) groups excluding carboxylic acids is 1. The third-order valence-corrected chi connectivity index (χ3v) is 1.44. The highest BCUT2D eigenvalue weighted by Crippen LogP contribution is 2.11. The molecule has 0 aliphatic rings. The average Bonchev–Trinajstić information content (AvgIpc) is 2.02. The van der Waals surface area contributed by atoms with Gasteiger partial charge in [0.15, 0.2) is 0 Å². The Bertz CT molecular complexity index is 221. The van der Waals surface area contributed by atoms with Gasteiger partial charge < -0.3 is 16.2 Å². The third-order valence-electron chi connectivity index (χ3n) is 1.44. The monoisotopic (exact) mass is 210 g/mol. The molecule has 0 heterocycles. The molecule has 0 atom stereocenters. The van der Waals surface area contributed by atoms with E-state index in [-0.39, 0.29) is 13.0 Å². The summed E-state index contributed by atoms with van der Waals surface area (Å²) in [6, 6.07) is 0. The second-order valence-electron chi connectivity index (χ2n) is 2.76. The van der Waals surface area contributed by atoms with Gasteiger partial charge >= 0.3 is 11.9 Å². The molecule has 4 N–H and O–H groups in total. The lowest BCUT2D eigenvalue weighted by molar-refractivity contribution is -0.164. The Morgan fingerprint density at radius 3 is 2.43 bits per heavy atom. The van der Waals surface area contributed by atoms with Crippen LogP contribution in [0.5, 0.6) is 0 Å². The van der Waals surface area contributed by atoms with Crippen molar-refractivity contribution in [1.82, 2.24) is 5.32 Å². The number of nitrogens with one attached hydrogen (secondary N) is 1. The van der Waals surface area contributed by atoms with Gasteiger partial charge in [-0.15, -0.1) is 0 Å². The number of hydrogen-bond acceptors (Lipinski definition) is 3. The molecule has 82 valence electrons. The summed E-state index contributed by atoms with van der Waals surface area (Å²) in [5.74, 6) is -6.45. The van der Waals surface area contributed by atoms with Gasteiger partial charge in [0.05, 0.1) is 6.54 Å². The van der Waals surface area contributed by atoms with Crippen LogP contribution in [-0.4, -0.2) is 36.0 Å². The van der Waals surface area contributed by atoms with Gasteiger partial charge in [0, 0.05) is 6.42 Å². The van der Waals surface area contributed by atoms with E-state index in [0.29, 0.717) is 6.42 Å². The molecule has 0 radical (unpaired) electrons. The molecule has 0 unspecified atom stereocenters. The summed E-state index contributed by atoms with van der Waals surface area (Å²) >= 11 is 0. The maximum atomic E-state index is 12.4. The lowest BCUT2D eigenvalue weighted by Gasteiger charge is -2.11. The van der Waals surface area contributed by atoms with Crippen molar-refractivity contribution in [2.75, 3.05) is 13.1 Å². The van der Waals surface area contributed by atoms with E-state index < -0.39 is 24.3 Å². The van der Waals surface area contributed by atoms with Crippen molar-refractivity contribution >= 4 is 11.9 Å². The molecule has 7 heteroatoms. The van der Waals surface area contributed by atoms with Gasteiger partial charge in [0.2, 0.25) is 5.91 Å². The Morgan fingerprint density at radius 2 is 2.00 bits per heavy atom. The Balaban J connectivity index is 3.54. The molecule has 1 amide bonds. The normalized spacial score (nSPS) is 11.3. The van der Waals surface area contributed by atoms with Crippen molar-refractivity contribution in [2.24, 2.45) is 5.73 Å². The van der Waals surface area contributed by atoms with Crippen LogP contribution in [0.25, 0.3) is 0 Å². The molecule has 0 rings (SSSR count). The fourth-order valence-corrected chi connectivity index (χ4v) is 0.709. The molecule has 0 aromatic rings. The second kappa shape index (κ2) is 5.48. The molecule has 0 aliphatic carbocycles. The van der Waals surface area contributed by atoms with Crippen molar-refractivity contribution in [3.63, 3.8) is 0 Å². The van der Waals surface area contributed by atoms with Crippen LogP contribution in [0.15, 0.2) is 0 Å². The fraction of sp³-hybridized carbons (Fsp3) is 0.714. The van der Waals surface area contributed by atoms with Gasteiger partial charge in [-0.1, -0.05) is 0 Å². The van der Waals surface area contributed by atoms with Crippen molar-refractivity contribution in [3.8, 4) is 0 Å². The van der Waals surface area contributed by atoms with Crippen molar-refractivity contribution in [3.05, 3.63) is 0 Å². The van der Waals surface area contributed by atoms with E-state index in [2.05, 4.69) is 5.32 Å². The summed E-state index contributed by atoms with van der Waals surface area (Å²) in [4.78, 5) is 20.1. The van der Waals surface area contributed by atoms with Crippen LogP contribution >= 0.6 is 0 Å². The third kappa shape index (κ3) is 5.41. The first kappa shape index (κ1) is 12.8. The number of amides is 1. The fourth-order valence-electron chi connectivity index (χ4n) is 0.709. The summed E-state index contributed by atoms with van der Waals surface area (Å²) in [5.41, 5.74) is 4.80. The minimum absolute atomic E-state index is 0.0889. The van der Waals surface area contributed by atoms with E-state index in [1.807, 2.05) is 0 Å². The predicted molar refractivity (Wildman–Crippen MR) is 43.9 cm³/mol. The van der Waals surface area contributed by atoms with Crippen molar-refractivity contribution in [2.45, 2.75) is 18.8 Å². The van der Waals surface area contributed by atoms with E-state index >= 15 is 0 Å². The molecule has 0 aromatic carbocycles. The number of aliphatic carboxylic acids is 1. The van der Waals surface area contributed by atoms with E-state index in [4.69, 9.17) is 10.8 Å². The highest BCUT2D eigenvalue weighted by molar-refractivity contribution is 5.75. The number of carboxylic acid groups (broad SMARTS) is 1. The van der Waals surface area contributed by atoms with Crippen molar-refractivity contribution < 1.29 is 23.5 Å². The summed E-state index contributed by atoms with van der Waals surface area (Å²) in [6.45, 7) is -0.813. The minimum atomic E-state index is -3.77. The Morgan fingerprint density at radius 1 is 1.43 bits per heavy atom. The summed E-state index contributed by atoms with van der Waals surface area (Å²) in [5, 5.41) is 10.2. The molecule has 0 fully saturated rings. The number of alkyl halides is 2. The molecule has 0 aromatic heterocycles. The van der Waals surface area contributed by atoms with Crippen LogP contribution in [-0.2, 0) is 9.59 Å². The summed E-state index contributed by atoms with van der Waals surface area (Å²) < 4.78 is 24.8. The lowest BCUT2D eigenvalue weighted by atomic mass is 10.3. The zero-order valence-electron chi connectivity index (χ0n) is 7.43. The Labute approximate surface area is 79.3 Å².